The van der Waals surface area contributed by atoms with Crippen LogP contribution in [0.1, 0.15) is 0 Å². The maximum atomic E-state index is 13.8. The summed E-state index contributed by atoms with van der Waals surface area (Å²) in [5, 5.41) is 4.93. The van der Waals surface area contributed by atoms with Gasteiger partial charge >= 0.3 is 0 Å². The number of nitrogens with zero attached hydrogens (tertiary/aromatic N) is 2. The number of halogens is 2. The van der Waals surface area contributed by atoms with Crippen LogP contribution >= 0.6 is 11.6 Å². The third-order valence-corrected chi connectivity index (χ3v) is 3.17. The summed E-state index contributed by atoms with van der Waals surface area (Å²) >= 11 is 5.95. The summed E-state index contributed by atoms with van der Waals surface area (Å²) in [6, 6.07) is 15.2. The number of nitrogens with two attached hydrogens (primary N) is 1. The highest BCUT2D eigenvalue weighted by Gasteiger charge is 2.12. The quantitative estimate of drug-likeness (QED) is 0.776. The Balaban J connectivity index is 2.10. The fraction of sp³-hybridized carbons (Fsp3) is 0. The first kappa shape index (κ1) is 12.7. The summed E-state index contributed by atoms with van der Waals surface area (Å²) in [6.45, 7) is 0. The molecule has 3 aromatic rings. The number of nitrogen functional groups attached to an aromatic ring is 1. The highest BCUT2D eigenvalue weighted by Crippen LogP contribution is 2.25. The van der Waals surface area contributed by atoms with Gasteiger partial charge in [0, 0.05) is 16.7 Å². The van der Waals surface area contributed by atoms with Gasteiger partial charge in [-0.25, -0.2) is 9.07 Å². The van der Waals surface area contributed by atoms with E-state index in [0.29, 0.717) is 22.1 Å². The number of hydrogen-bond acceptors (Lipinski definition) is 2. The van der Waals surface area contributed by atoms with E-state index < -0.39 is 0 Å². The van der Waals surface area contributed by atoms with Gasteiger partial charge in [-0.2, -0.15) is 5.10 Å². The molecule has 2 N–H and O–H groups in total. The Labute approximate surface area is 120 Å². The summed E-state index contributed by atoms with van der Waals surface area (Å²) in [5.41, 5.74) is 7.58. The molecule has 0 saturated heterocycles. The second kappa shape index (κ2) is 4.98. The number of hydrogen-bond donors (Lipinski definition) is 1. The zero-order valence-corrected chi connectivity index (χ0v) is 11.2. The molecular weight excluding hydrogens is 277 g/mol. The average molecular weight is 288 g/mol. The lowest BCUT2D eigenvalue weighted by Crippen LogP contribution is -2.01. The zero-order valence-electron chi connectivity index (χ0n) is 10.4. The van der Waals surface area contributed by atoms with E-state index in [0.717, 1.165) is 5.69 Å². The van der Waals surface area contributed by atoms with E-state index in [1.165, 1.54) is 10.7 Å². The molecule has 5 heteroatoms. The van der Waals surface area contributed by atoms with E-state index in [9.17, 15) is 4.39 Å². The van der Waals surface area contributed by atoms with Crippen molar-refractivity contribution in [1.29, 1.82) is 0 Å². The van der Waals surface area contributed by atoms with E-state index in [1.807, 2.05) is 12.1 Å². The van der Waals surface area contributed by atoms with Crippen LogP contribution in [-0.4, -0.2) is 9.78 Å². The minimum atomic E-state index is -0.330. The van der Waals surface area contributed by atoms with E-state index in [4.69, 9.17) is 17.3 Å². The van der Waals surface area contributed by atoms with Crippen molar-refractivity contribution in [1.82, 2.24) is 9.78 Å². The van der Waals surface area contributed by atoms with Gasteiger partial charge in [-0.05, 0) is 30.3 Å². The molecular formula is C15H11ClFN3. The van der Waals surface area contributed by atoms with Crippen molar-refractivity contribution in [2.75, 3.05) is 5.73 Å². The molecule has 0 aliphatic rings. The Morgan fingerprint density at radius 3 is 2.60 bits per heavy atom. The van der Waals surface area contributed by atoms with Crippen LogP contribution < -0.4 is 5.73 Å². The molecule has 0 bridgehead atoms. The first-order chi connectivity index (χ1) is 9.65. The molecule has 0 spiro atoms. The van der Waals surface area contributed by atoms with Crippen LogP contribution in [0.4, 0.5) is 10.2 Å². The minimum absolute atomic E-state index is 0.330. The maximum Gasteiger partial charge on any atom is 0.132 e. The first-order valence-electron chi connectivity index (χ1n) is 6.01. The number of anilines is 1. The Hall–Kier alpha value is -2.33. The minimum Gasteiger partial charge on any atom is -0.384 e. The SMILES string of the molecule is Nc1cc(-c2ccccc2F)nn1-c1cccc(Cl)c1. The van der Waals surface area contributed by atoms with E-state index in [2.05, 4.69) is 5.10 Å². The smallest absolute Gasteiger partial charge is 0.132 e. The van der Waals surface area contributed by atoms with Gasteiger partial charge in [0.15, 0.2) is 0 Å². The third-order valence-electron chi connectivity index (χ3n) is 2.94. The second-order valence-electron chi connectivity index (χ2n) is 4.33. The normalized spacial score (nSPS) is 10.7. The third kappa shape index (κ3) is 2.26. The molecule has 1 heterocycles. The molecule has 3 nitrogen and oxygen atoms in total. The molecule has 0 fully saturated rings. The molecule has 0 saturated carbocycles. The molecule has 0 amide bonds. The van der Waals surface area contributed by atoms with Gasteiger partial charge in [-0.3, -0.25) is 0 Å². The van der Waals surface area contributed by atoms with Crippen LogP contribution in [0.2, 0.25) is 5.02 Å². The number of benzene rings is 2. The summed E-state index contributed by atoms with van der Waals surface area (Å²) < 4.78 is 15.3. The highest BCUT2D eigenvalue weighted by atomic mass is 35.5. The van der Waals surface area contributed by atoms with E-state index in [1.54, 1.807) is 36.4 Å². The van der Waals surface area contributed by atoms with Crippen LogP contribution in [0.15, 0.2) is 54.6 Å². The van der Waals surface area contributed by atoms with Gasteiger partial charge in [-0.1, -0.05) is 29.8 Å². The summed E-state index contributed by atoms with van der Waals surface area (Å²) in [6.07, 6.45) is 0. The molecule has 3 rings (SSSR count). The highest BCUT2D eigenvalue weighted by molar-refractivity contribution is 6.30. The standard InChI is InChI=1S/C15H11ClFN3/c16-10-4-3-5-11(8-10)20-15(18)9-14(19-20)12-6-1-2-7-13(12)17/h1-9H,18H2. The monoisotopic (exact) mass is 287 g/mol. The molecule has 0 atom stereocenters. The molecule has 0 unspecified atom stereocenters. The number of aromatic nitrogens is 2. The predicted octanol–water partition coefficient (Wildman–Crippen LogP) is 3.91. The summed E-state index contributed by atoms with van der Waals surface area (Å²) in [7, 11) is 0. The lowest BCUT2D eigenvalue weighted by atomic mass is 10.1. The van der Waals surface area contributed by atoms with Crippen LogP contribution in [-0.2, 0) is 0 Å². The van der Waals surface area contributed by atoms with Crippen molar-refractivity contribution < 1.29 is 4.39 Å². The van der Waals surface area contributed by atoms with E-state index >= 15 is 0 Å². The van der Waals surface area contributed by atoms with Crippen LogP contribution in [0, 0.1) is 5.82 Å². The molecule has 20 heavy (non-hydrogen) atoms. The summed E-state index contributed by atoms with van der Waals surface area (Å²) in [4.78, 5) is 0. The van der Waals surface area contributed by atoms with Gasteiger partial charge in [0.2, 0.25) is 0 Å². The Bertz CT molecular complexity index is 767. The fourth-order valence-corrected chi connectivity index (χ4v) is 2.20. The summed E-state index contributed by atoms with van der Waals surface area (Å²) in [5.74, 6) is 0.0914. The Morgan fingerprint density at radius 2 is 1.85 bits per heavy atom. The molecule has 100 valence electrons. The lowest BCUT2D eigenvalue weighted by Gasteiger charge is -2.04. The van der Waals surface area contributed by atoms with Crippen molar-refractivity contribution in [3.05, 3.63) is 65.4 Å². The van der Waals surface area contributed by atoms with Crippen molar-refractivity contribution in [3.63, 3.8) is 0 Å². The fourth-order valence-electron chi connectivity index (χ4n) is 2.01. The van der Waals surface area contributed by atoms with Gasteiger partial charge in [0.25, 0.3) is 0 Å². The average Bonchev–Trinajstić information content (AvgIpc) is 2.81. The van der Waals surface area contributed by atoms with Crippen molar-refractivity contribution in [2.45, 2.75) is 0 Å². The Morgan fingerprint density at radius 1 is 1.05 bits per heavy atom. The van der Waals surface area contributed by atoms with Crippen molar-refractivity contribution in [2.24, 2.45) is 0 Å². The molecule has 0 radical (unpaired) electrons. The van der Waals surface area contributed by atoms with E-state index in [-0.39, 0.29) is 5.82 Å². The van der Waals surface area contributed by atoms with Gasteiger partial charge < -0.3 is 5.73 Å². The van der Waals surface area contributed by atoms with Gasteiger partial charge in [0.05, 0.1) is 11.4 Å². The van der Waals surface area contributed by atoms with Gasteiger partial charge in [0.1, 0.15) is 11.6 Å². The predicted molar refractivity (Wildman–Crippen MR) is 78.4 cm³/mol. The largest absolute Gasteiger partial charge is 0.384 e. The molecule has 2 aromatic carbocycles. The van der Waals surface area contributed by atoms with Crippen LogP contribution in [0.3, 0.4) is 0 Å². The topological polar surface area (TPSA) is 43.8 Å². The van der Waals surface area contributed by atoms with Gasteiger partial charge in [-0.15, -0.1) is 0 Å². The number of rotatable bonds is 2. The van der Waals surface area contributed by atoms with Crippen molar-refractivity contribution >= 4 is 17.4 Å². The second-order valence-corrected chi connectivity index (χ2v) is 4.76. The van der Waals surface area contributed by atoms with Crippen LogP contribution in [0.25, 0.3) is 16.9 Å². The molecule has 1 aromatic heterocycles. The lowest BCUT2D eigenvalue weighted by molar-refractivity contribution is 0.630. The Kier molecular flexibility index (Phi) is 3.16. The molecule has 0 aliphatic carbocycles. The molecule has 0 aliphatic heterocycles. The van der Waals surface area contributed by atoms with Crippen molar-refractivity contribution in [3.8, 4) is 16.9 Å². The zero-order chi connectivity index (χ0) is 14.1. The first-order valence-corrected chi connectivity index (χ1v) is 6.39. The maximum absolute atomic E-state index is 13.8. The van der Waals surface area contributed by atoms with Crippen LogP contribution in [0.5, 0.6) is 0 Å².